The van der Waals surface area contributed by atoms with Gasteiger partial charge in [-0.25, -0.2) is 4.99 Å². The summed E-state index contributed by atoms with van der Waals surface area (Å²) in [4.78, 5) is 10.1. The minimum Gasteiger partial charge on any atom is -0.493 e. The SMILES string of the molecule is COc1ccccc1Oc1ccc(C(F)(F)F)cc1N1C(N)=NC(N)=NC12CCCCC2. The maximum atomic E-state index is 13.6. The van der Waals surface area contributed by atoms with Gasteiger partial charge >= 0.3 is 6.18 Å². The Morgan fingerprint density at radius 2 is 1.66 bits per heavy atom. The topological polar surface area (TPSA) is 98.5 Å². The van der Waals surface area contributed by atoms with Crippen LogP contribution in [0.5, 0.6) is 17.2 Å². The molecule has 2 aromatic rings. The van der Waals surface area contributed by atoms with E-state index in [9.17, 15) is 13.2 Å². The second kappa shape index (κ2) is 8.25. The first-order valence-electron chi connectivity index (χ1n) is 10.3. The molecule has 0 aromatic heterocycles. The number of halogens is 3. The first kappa shape index (κ1) is 21.8. The average molecular weight is 447 g/mol. The number of guanidine groups is 2. The van der Waals surface area contributed by atoms with Crippen LogP contribution in [-0.2, 0) is 6.18 Å². The van der Waals surface area contributed by atoms with Gasteiger partial charge in [0, 0.05) is 0 Å². The zero-order valence-corrected chi connectivity index (χ0v) is 17.5. The lowest BCUT2D eigenvalue weighted by atomic mass is 9.87. The number of nitrogens with zero attached hydrogens (tertiary/aromatic N) is 3. The van der Waals surface area contributed by atoms with Crippen molar-refractivity contribution >= 4 is 17.6 Å². The van der Waals surface area contributed by atoms with Crippen molar-refractivity contribution in [1.29, 1.82) is 0 Å². The maximum absolute atomic E-state index is 13.6. The van der Waals surface area contributed by atoms with E-state index in [2.05, 4.69) is 9.98 Å². The molecule has 1 aliphatic heterocycles. The van der Waals surface area contributed by atoms with E-state index >= 15 is 0 Å². The predicted octanol–water partition coefficient (Wildman–Crippen LogP) is 4.62. The number of ether oxygens (including phenoxy) is 2. The Kier molecular flexibility index (Phi) is 5.62. The molecule has 2 aliphatic rings. The van der Waals surface area contributed by atoms with E-state index in [1.54, 1.807) is 24.3 Å². The Labute approximate surface area is 183 Å². The van der Waals surface area contributed by atoms with Crippen LogP contribution in [0, 0.1) is 0 Å². The van der Waals surface area contributed by atoms with E-state index in [1.807, 2.05) is 0 Å². The molecule has 1 fully saturated rings. The van der Waals surface area contributed by atoms with Crippen molar-refractivity contribution in [3.63, 3.8) is 0 Å². The lowest BCUT2D eigenvalue weighted by molar-refractivity contribution is -0.137. The molecule has 1 heterocycles. The van der Waals surface area contributed by atoms with Crippen LogP contribution in [0.3, 0.4) is 0 Å². The quantitative estimate of drug-likeness (QED) is 0.713. The summed E-state index contributed by atoms with van der Waals surface area (Å²) in [5.41, 5.74) is 10.5. The number of rotatable bonds is 4. The van der Waals surface area contributed by atoms with Gasteiger partial charge in [0.25, 0.3) is 0 Å². The molecule has 1 saturated carbocycles. The largest absolute Gasteiger partial charge is 0.493 e. The number of para-hydroxylation sites is 2. The highest BCUT2D eigenvalue weighted by molar-refractivity contribution is 6.06. The number of anilines is 1. The number of benzene rings is 2. The molecule has 2 aromatic carbocycles. The van der Waals surface area contributed by atoms with Crippen LogP contribution in [0.4, 0.5) is 18.9 Å². The van der Waals surface area contributed by atoms with Gasteiger partial charge in [-0.3, -0.25) is 4.90 Å². The molecule has 0 atom stereocenters. The van der Waals surface area contributed by atoms with Crippen molar-refractivity contribution in [3.05, 3.63) is 48.0 Å². The summed E-state index contributed by atoms with van der Waals surface area (Å²) in [5, 5.41) is 0. The van der Waals surface area contributed by atoms with Crippen molar-refractivity contribution < 1.29 is 22.6 Å². The average Bonchev–Trinajstić information content (AvgIpc) is 2.74. The van der Waals surface area contributed by atoms with E-state index in [4.69, 9.17) is 20.9 Å². The molecule has 4 N–H and O–H groups in total. The standard InChI is InChI=1S/C22H24F3N5O2/c1-31-17-7-3-4-8-18(17)32-16-10-9-14(22(23,24)25)13-15(16)30-20(27)28-19(26)29-21(30)11-5-2-6-12-21/h3-4,7-10,13H,2,5-6,11-12H2,1H3,(H4,26,27,28,29). The second-order valence-electron chi connectivity index (χ2n) is 7.75. The van der Waals surface area contributed by atoms with Gasteiger partial charge in [-0.05, 0) is 56.0 Å². The first-order chi connectivity index (χ1) is 15.2. The van der Waals surface area contributed by atoms with Gasteiger partial charge in [0.05, 0.1) is 18.4 Å². The van der Waals surface area contributed by atoms with Gasteiger partial charge in [0.15, 0.2) is 17.2 Å². The Balaban J connectivity index is 1.87. The molecular weight excluding hydrogens is 423 g/mol. The van der Waals surface area contributed by atoms with E-state index < -0.39 is 17.4 Å². The van der Waals surface area contributed by atoms with Crippen LogP contribution >= 0.6 is 0 Å². The Bertz CT molecular complexity index is 1060. The van der Waals surface area contributed by atoms with Crippen molar-refractivity contribution in [2.24, 2.45) is 21.5 Å². The lowest BCUT2D eigenvalue weighted by Gasteiger charge is -2.46. The van der Waals surface area contributed by atoms with Gasteiger partial charge in [-0.2, -0.15) is 18.2 Å². The van der Waals surface area contributed by atoms with Crippen LogP contribution < -0.4 is 25.8 Å². The van der Waals surface area contributed by atoms with Crippen LogP contribution in [0.1, 0.15) is 37.7 Å². The highest BCUT2D eigenvalue weighted by atomic mass is 19.4. The van der Waals surface area contributed by atoms with Gasteiger partial charge in [0.2, 0.25) is 11.9 Å². The highest BCUT2D eigenvalue weighted by Crippen LogP contribution is 2.46. The van der Waals surface area contributed by atoms with Gasteiger partial charge in [-0.15, -0.1) is 0 Å². The lowest BCUT2D eigenvalue weighted by Crippen LogP contribution is -2.58. The third-order valence-corrected chi connectivity index (χ3v) is 5.67. The van der Waals surface area contributed by atoms with Gasteiger partial charge in [0.1, 0.15) is 5.66 Å². The summed E-state index contributed by atoms with van der Waals surface area (Å²) < 4.78 is 52.2. The third kappa shape index (κ3) is 4.04. The number of alkyl halides is 3. The fourth-order valence-electron chi connectivity index (χ4n) is 4.25. The van der Waals surface area contributed by atoms with Crippen LogP contribution in [-0.4, -0.2) is 24.7 Å². The van der Waals surface area contributed by atoms with Crippen molar-refractivity contribution in [1.82, 2.24) is 0 Å². The summed E-state index contributed by atoms with van der Waals surface area (Å²) in [6.07, 6.45) is -0.733. The summed E-state index contributed by atoms with van der Waals surface area (Å²) in [6, 6.07) is 10.1. The molecule has 170 valence electrons. The molecule has 0 unspecified atom stereocenters. The summed E-state index contributed by atoms with van der Waals surface area (Å²) in [5.74, 6) is 0.946. The Morgan fingerprint density at radius 3 is 2.31 bits per heavy atom. The number of nitrogens with two attached hydrogens (primary N) is 2. The molecule has 10 heteroatoms. The summed E-state index contributed by atoms with van der Waals surface area (Å²) >= 11 is 0. The minimum atomic E-state index is -4.55. The Hall–Kier alpha value is -3.43. The maximum Gasteiger partial charge on any atom is 0.416 e. The highest BCUT2D eigenvalue weighted by Gasteiger charge is 2.44. The van der Waals surface area contributed by atoms with Gasteiger partial charge < -0.3 is 20.9 Å². The van der Waals surface area contributed by atoms with Crippen LogP contribution in [0.25, 0.3) is 0 Å². The monoisotopic (exact) mass is 447 g/mol. The summed E-state index contributed by atoms with van der Waals surface area (Å²) in [6.45, 7) is 0. The minimum absolute atomic E-state index is 0.0137. The Morgan fingerprint density at radius 1 is 0.969 bits per heavy atom. The fraction of sp³-hybridized carbons (Fsp3) is 0.364. The molecule has 32 heavy (non-hydrogen) atoms. The number of aliphatic imine (C=N–C) groups is 2. The zero-order chi connectivity index (χ0) is 22.9. The van der Waals surface area contributed by atoms with Gasteiger partial charge in [-0.1, -0.05) is 18.6 Å². The predicted molar refractivity (Wildman–Crippen MR) is 116 cm³/mol. The molecule has 0 saturated heterocycles. The van der Waals surface area contributed by atoms with Crippen molar-refractivity contribution in [2.75, 3.05) is 12.0 Å². The van der Waals surface area contributed by atoms with Crippen molar-refractivity contribution in [2.45, 2.75) is 43.9 Å². The second-order valence-corrected chi connectivity index (χ2v) is 7.75. The van der Waals surface area contributed by atoms with E-state index in [0.29, 0.717) is 24.3 Å². The van der Waals surface area contributed by atoms with E-state index in [1.165, 1.54) is 18.1 Å². The molecule has 1 aliphatic carbocycles. The summed E-state index contributed by atoms with van der Waals surface area (Å²) in [7, 11) is 1.49. The van der Waals surface area contributed by atoms with Crippen molar-refractivity contribution in [3.8, 4) is 17.2 Å². The van der Waals surface area contributed by atoms with Crippen LogP contribution in [0.15, 0.2) is 52.4 Å². The van der Waals surface area contributed by atoms with E-state index in [0.717, 1.165) is 31.4 Å². The molecule has 7 nitrogen and oxygen atoms in total. The molecule has 1 spiro atoms. The normalized spacial score (nSPS) is 18.2. The van der Waals surface area contributed by atoms with E-state index in [-0.39, 0.29) is 23.4 Å². The fourth-order valence-corrected chi connectivity index (χ4v) is 4.25. The first-order valence-corrected chi connectivity index (χ1v) is 10.3. The molecule has 0 amide bonds. The van der Waals surface area contributed by atoms with Crippen LogP contribution in [0.2, 0.25) is 0 Å². The number of hydrogen-bond donors (Lipinski definition) is 2. The number of methoxy groups -OCH3 is 1. The smallest absolute Gasteiger partial charge is 0.416 e. The molecule has 0 bridgehead atoms. The number of hydrogen-bond acceptors (Lipinski definition) is 7. The molecule has 4 rings (SSSR count). The third-order valence-electron chi connectivity index (χ3n) is 5.67. The zero-order valence-electron chi connectivity index (χ0n) is 17.5. The molecule has 0 radical (unpaired) electrons. The molecular formula is C22H24F3N5O2.